The van der Waals surface area contributed by atoms with Gasteiger partial charge in [0, 0.05) is 0 Å². The summed E-state index contributed by atoms with van der Waals surface area (Å²) in [5.41, 5.74) is -1.23. The standard InChI is InChI=1S/C13H15F2NO4/c1-13(2,3)20-12(19)16-9-5-7(6-10(17)18)4-8(14)11(9)15/h4-5H,6H2,1-3H3,(H,16,19)(H,17,18). The van der Waals surface area contributed by atoms with Gasteiger partial charge in [0.25, 0.3) is 0 Å². The Labute approximate surface area is 114 Å². The Balaban J connectivity index is 2.96. The topological polar surface area (TPSA) is 75.6 Å². The van der Waals surface area contributed by atoms with Crippen molar-refractivity contribution in [1.82, 2.24) is 0 Å². The number of halogens is 2. The molecule has 0 spiro atoms. The minimum atomic E-state index is -1.27. The Morgan fingerprint density at radius 2 is 1.90 bits per heavy atom. The van der Waals surface area contributed by atoms with Gasteiger partial charge in [-0.3, -0.25) is 10.1 Å². The Hall–Kier alpha value is -2.18. The number of hydrogen-bond acceptors (Lipinski definition) is 3. The van der Waals surface area contributed by atoms with Crippen molar-refractivity contribution in [2.45, 2.75) is 32.8 Å². The van der Waals surface area contributed by atoms with Gasteiger partial charge >= 0.3 is 12.1 Å². The van der Waals surface area contributed by atoms with Gasteiger partial charge in [0.05, 0.1) is 12.1 Å². The zero-order valence-corrected chi connectivity index (χ0v) is 11.3. The van der Waals surface area contributed by atoms with E-state index in [1.807, 2.05) is 0 Å². The molecule has 0 radical (unpaired) electrons. The summed E-state index contributed by atoms with van der Waals surface area (Å²) in [5.74, 6) is -3.71. The maximum Gasteiger partial charge on any atom is 0.412 e. The van der Waals surface area contributed by atoms with Gasteiger partial charge in [0.2, 0.25) is 0 Å². The van der Waals surface area contributed by atoms with Gasteiger partial charge in [0.15, 0.2) is 11.6 Å². The number of nitrogens with one attached hydrogen (secondary N) is 1. The molecule has 1 rings (SSSR count). The minimum absolute atomic E-state index is 0.0301. The average molecular weight is 287 g/mol. The molecule has 1 aromatic carbocycles. The summed E-state index contributed by atoms with van der Waals surface area (Å²) in [4.78, 5) is 22.0. The summed E-state index contributed by atoms with van der Waals surface area (Å²) < 4.78 is 31.7. The minimum Gasteiger partial charge on any atom is -0.481 e. The summed E-state index contributed by atoms with van der Waals surface area (Å²) in [6.45, 7) is 4.85. The van der Waals surface area contributed by atoms with Gasteiger partial charge in [-0.25, -0.2) is 13.6 Å². The molecule has 5 nitrogen and oxygen atoms in total. The van der Waals surface area contributed by atoms with Crippen molar-refractivity contribution in [2.75, 3.05) is 5.32 Å². The van der Waals surface area contributed by atoms with Crippen molar-refractivity contribution in [3.8, 4) is 0 Å². The quantitative estimate of drug-likeness (QED) is 0.896. The third-order valence-corrected chi connectivity index (χ3v) is 2.08. The number of carbonyl (C=O) groups is 2. The molecular weight excluding hydrogens is 272 g/mol. The van der Waals surface area contributed by atoms with E-state index in [1.54, 1.807) is 20.8 Å². The summed E-state index contributed by atoms with van der Waals surface area (Å²) >= 11 is 0. The van der Waals surface area contributed by atoms with E-state index in [9.17, 15) is 18.4 Å². The average Bonchev–Trinajstić information content (AvgIpc) is 2.21. The van der Waals surface area contributed by atoms with Crippen LogP contribution in [0.1, 0.15) is 26.3 Å². The molecule has 7 heteroatoms. The summed E-state index contributed by atoms with van der Waals surface area (Å²) in [5, 5.41) is 10.7. The van der Waals surface area contributed by atoms with Gasteiger partial charge in [0.1, 0.15) is 5.60 Å². The number of carboxylic acid groups (broad SMARTS) is 1. The van der Waals surface area contributed by atoms with Gasteiger partial charge < -0.3 is 9.84 Å². The third kappa shape index (κ3) is 4.83. The lowest BCUT2D eigenvalue weighted by Crippen LogP contribution is -2.27. The van der Waals surface area contributed by atoms with Crippen LogP contribution in [0.5, 0.6) is 0 Å². The van der Waals surface area contributed by atoms with Crippen LogP contribution in [0.3, 0.4) is 0 Å². The zero-order chi connectivity index (χ0) is 15.5. The van der Waals surface area contributed by atoms with Crippen molar-refractivity contribution >= 4 is 17.7 Å². The maximum absolute atomic E-state index is 13.5. The molecule has 0 fully saturated rings. The SMILES string of the molecule is CC(C)(C)OC(=O)Nc1cc(CC(=O)O)cc(F)c1F. The lowest BCUT2D eigenvalue weighted by molar-refractivity contribution is -0.136. The Kier molecular flexibility index (Phi) is 4.65. The first-order valence-corrected chi connectivity index (χ1v) is 5.78. The van der Waals surface area contributed by atoms with E-state index in [0.717, 1.165) is 12.1 Å². The monoisotopic (exact) mass is 287 g/mol. The van der Waals surface area contributed by atoms with Crippen molar-refractivity contribution in [2.24, 2.45) is 0 Å². The second kappa shape index (κ2) is 5.85. The molecule has 0 saturated carbocycles. The largest absolute Gasteiger partial charge is 0.481 e. The highest BCUT2D eigenvalue weighted by atomic mass is 19.2. The summed E-state index contributed by atoms with van der Waals surface area (Å²) in [7, 11) is 0. The first kappa shape index (κ1) is 15.9. The summed E-state index contributed by atoms with van der Waals surface area (Å²) in [6.07, 6.45) is -1.44. The van der Waals surface area contributed by atoms with E-state index < -0.39 is 41.4 Å². The molecule has 0 atom stereocenters. The molecule has 0 saturated heterocycles. The number of rotatable bonds is 3. The fourth-order valence-electron chi connectivity index (χ4n) is 1.43. The van der Waals surface area contributed by atoms with Crippen LogP contribution in [0, 0.1) is 11.6 Å². The predicted octanol–water partition coefficient (Wildman–Crippen LogP) is 2.94. The molecule has 2 N–H and O–H groups in total. The fourth-order valence-corrected chi connectivity index (χ4v) is 1.43. The van der Waals surface area contributed by atoms with Crippen LogP contribution in [0.15, 0.2) is 12.1 Å². The van der Waals surface area contributed by atoms with Crippen LogP contribution < -0.4 is 5.32 Å². The number of aliphatic carboxylic acids is 1. The molecule has 1 amide bonds. The van der Waals surface area contributed by atoms with Crippen LogP contribution >= 0.6 is 0 Å². The van der Waals surface area contributed by atoms with Crippen LogP contribution in [0.25, 0.3) is 0 Å². The van der Waals surface area contributed by atoms with Crippen molar-refractivity contribution in [1.29, 1.82) is 0 Å². The van der Waals surface area contributed by atoms with E-state index in [4.69, 9.17) is 9.84 Å². The second-order valence-electron chi connectivity index (χ2n) is 5.14. The molecule has 0 bridgehead atoms. The number of carbonyl (C=O) groups excluding carboxylic acids is 1. The zero-order valence-electron chi connectivity index (χ0n) is 11.3. The van der Waals surface area contributed by atoms with E-state index in [1.165, 1.54) is 0 Å². The molecule has 0 aromatic heterocycles. The van der Waals surface area contributed by atoms with Crippen molar-refractivity contribution < 1.29 is 28.2 Å². The van der Waals surface area contributed by atoms with Crippen molar-refractivity contribution in [3.63, 3.8) is 0 Å². The van der Waals surface area contributed by atoms with Crippen LogP contribution in [-0.2, 0) is 16.0 Å². The lowest BCUT2D eigenvalue weighted by atomic mass is 10.1. The smallest absolute Gasteiger partial charge is 0.412 e. The Morgan fingerprint density at radius 3 is 2.40 bits per heavy atom. The number of amides is 1. The molecule has 0 aliphatic rings. The number of anilines is 1. The van der Waals surface area contributed by atoms with E-state index in [2.05, 4.69) is 5.32 Å². The number of carboxylic acids is 1. The molecule has 1 aromatic rings. The third-order valence-electron chi connectivity index (χ3n) is 2.08. The van der Waals surface area contributed by atoms with E-state index in [-0.39, 0.29) is 5.56 Å². The maximum atomic E-state index is 13.5. The molecule has 0 aliphatic carbocycles. The Bertz CT molecular complexity index is 538. The first-order chi connectivity index (χ1) is 9.08. The normalized spacial score (nSPS) is 11.1. The molecule has 0 aliphatic heterocycles. The lowest BCUT2D eigenvalue weighted by Gasteiger charge is -2.20. The van der Waals surface area contributed by atoms with E-state index in [0.29, 0.717) is 0 Å². The molecule has 20 heavy (non-hydrogen) atoms. The van der Waals surface area contributed by atoms with Crippen molar-refractivity contribution in [3.05, 3.63) is 29.3 Å². The van der Waals surface area contributed by atoms with Gasteiger partial charge in [-0.1, -0.05) is 0 Å². The van der Waals surface area contributed by atoms with E-state index >= 15 is 0 Å². The van der Waals surface area contributed by atoms with Gasteiger partial charge in [-0.15, -0.1) is 0 Å². The van der Waals surface area contributed by atoms with Crippen LogP contribution in [0.2, 0.25) is 0 Å². The summed E-state index contributed by atoms with van der Waals surface area (Å²) in [6, 6.07) is 1.82. The predicted molar refractivity (Wildman–Crippen MR) is 67.6 cm³/mol. The number of benzene rings is 1. The van der Waals surface area contributed by atoms with Gasteiger partial charge in [-0.05, 0) is 38.5 Å². The highest BCUT2D eigenvalue weighted by molar-refractivity contribution is 5.85. The van der Waals surface area contributed by atoms with Gasteiger partial charge in [-0.2, -0.15) is 0 Å². The molecule has 110 valence electrons. The second-order valence-corrected chi connectivity index (χ2v) is 5.14. The highest BCUT2D eigenvalue weighted by Gasteiger charge is 2.19. The molecular formula is C13H15F2NO4. The molecule has 0 heterocycles. The first-order valence-electron chi connectivity index (χ1n) is 5.78. The van der Waals surface area contributed by atoms with Crippen LogP contribution in [-0.4, -0.2) is 22.8 Å². The number of ether oxygens (including phenoxy) is 1. The highest BCUT2D eigenvalue weighted by Crippen LogP contribution is 2.21. The Morgan fingerprint density at radius 1 is 1.30 bits per heavy atom. The molecule has 0 unspecified atom stereocenters. The number of hydrogen-bond donors (Lipinski definition) is 2. The fraction of sp³-hybridized carbons (Fsp3) is 0.385. The van der Waals surface area contributed by atoms with Crippen LogP contribution in [0.4, 0.5) is 19.3 Å².